The zero-order chi connectivity index (χ0) is 13.0. The van der Waals surface area contributed by atoms with Gasteiger partial charge in [-0.05, 0) is 24.8 Å². The Morgan fingerprint density at radius 2 is 2.00 bits per heavy atom. The highest BCUT2D eigenvalue weighted by Gasteiger charge is 2.30. The molecule has 3 heteroatoms. The van der Waals surface area contributed by atoms with Crippen LogP contribution >= 0.6 is 0 Å². The van der Waals surface area contributed by atoms with Gasteiger partial charge in [0.2, 0.25) is 11.8 Å². The van der Waals surface area contributed by atoms with E-state index in [1.807, 2.05) is 37.3 Å². The number of rotatable bonds is 3. The Morgan fingerprint density at radius 3 is 2.61 bits per heavy atom. The molecular weight excluding hydrogens is 226 g/mol. The summed E-state index contributed by atoms with van der Waals surface area (Å²) in [4.78, 5) is 25.7. The quantitative estimate of drug-likeness (QED) is 0.821. The van der Waals surface area contributed by atoms with Crippen molar-refractivity contribution in [3.8, 4) is 0 Å². The smallest absolute Gasteiger partial charge is 0.236 e. The predicted octanol–water partition coefficient (Wildman–Crippen LogP) is 2.72. The van der Waals surface area contributed by atoms with Gasteiger partial charge in [-0.15, -0.1) is 0 Å². The highest BCUT2D eigenvalue weighted by atomic mass is 16.2. The second-order valence-corrected chi connectivity index (χ2v) is 4.71. The molecular formula is C15H19NO2. The van der Waals surface area contributed by atoms with Crippen LogP contribution in [0.5, 0.6) is 0 Å². The maximum absolute atomic E-state index is 12.4. The van der Waals surface area contributed by atoms with Gasteiger partial charge in [-0.3, -0.25) is 14.5 Å². The Bertz CT molecular complexity index is 427. The summed E-state index contributed by atoms with van der Waals surface area (Å²) in [6.45, 7) is 2.57. The largest absolute Gasteiger partial charge is 0.282 e. The number of amides is 2. The number of piperidine rings is 1. The number of hydrogen-bond acceptors (Lipinski definition) is 2. The molecule has 0 bridgehead atoms. The Kier molecular flexibility index (Phi) is 4.13. The molecule has 2 amide bonds. The minimum Gasteiger partial charge on any atom is -0.282 e. The van der Waals surface area contributed by atoms with E-state index in [1.165, 1.54) is 4.90 Å². The Balaban J connectivity index is 2.17. The van der Waals surface area contributed by atoms with E-state index in [0.29, 0.717) is 13.0 Å². The zero-order valence-electron chi connectivity index (χ0n) is 10.8. The summed E-state index contributed by atoms with van der Waals surface area (Å²) in [6.07, 6.45) is 3.08. The maximum atomic E-state index is 12.4. The van der Waals surface area contributed by atoms with Crippen LogP contribution in [0.15, 0.2) is 30.3 Å². The van der Waals surface area contributed by atoms with E-state index in [4.69, 9.17) is 0 Å². The fourth-order valence-electron chi connectivity index (χ4n) is 2.47. The highest BCUT2D eigenvalue weighted by Crippen LogP contribution is 2.24. The predicted molar refractivity (Wildman–Crippen MR) is 70.0 cm³/mol. The van der Waals surface area contributed by atoms with Crippen LogP contribution in [0.1, 0.15) is 44.1 Å². The highest BCUT2D eigenvalue weighted by molar-refractivity contribution is 5.98. The van der Waals surface area contributed by atoms with E-state index in [1.54, 1.807) is 0 Å². The summed E-state index contributed by atoms with van der Waals surface area (Å²) >= 11 is 0. The SMILES string of the molecule is CCC(C(=O)N1CCCCC1=O)c1ccccc1. The van der Waals surface area contributed by atoms with E-state index < -0.39 is 0 Å². The van der Waals surface area contributed by atoms with Gasteiger partial charge in [-0.2, -0.15) is 0 Å². The number of imide groups is 1. The molecule has 96 valence electrons. The number of benzene rings is 1. The number of carbonyl (C=O) groups excluding carboxylic acids is 2. The average Bonchev–Trinajstić information content (AvgIpc) is 2.41. The molecule has 1 aromatic rings. The standard InChI is InChI=1S/C15H19NO2/c1-2-13(12-8-4-3-5-9-12)15(18)16-11-7-6-10-14(16)17/h3-5,8-9,13H,2,6-7,10-11H2,1H3. The van der Waals surface area contributed by atoms with Crippen molar-refractivity contribution in [3.05, 3.63) is 35.9 Å². The van der Waals surface area contributed by atoms with E-state index in [-0.39, 0.29) is 17.7 Å². The monoisotopic (exact) mass is 245 g/mol. The van der Waals surface area contributed by atoms with Gasteiger partial charge < -0.3 is 0 Å². The van der Waals surface area contributed by atoms with Gasteiger partial charge in [-0.1, -0.05) is 37.3 Å². The van der Waals surface area contributed by atoms with Crippen molar-refractivity contribution in [3.63, 3.8) is 0 Å². The van der Waals surface area contributed by atoms with Crippen LogP contribution in [0.4, 0.5) is 0 Å². The molecule has 0 N–H and O–H groups in total. The molecule has 1 heterocycles. The van der Waals surface area contributed by atoms with E-state index in [9.17, 15) is 9.59 Å². The van der Waals surface area contributed by atoms with Crippen molar-refractivity contribution in [1.82, 2.24) is 4.90 Å². The van der Waals surface area contributed by atoms with Gasteiger partial charge >= 0.3 is 0 Å². The van der Waals surface area contributed by atoms with E-state index in [2.05, 4.69) is 0 Å². The lowest BCUT2D eigenvalue weighted by Crippen LogP contribution is -2.42. The lowest BCUT2D eigenvalue weighted by Gasteiger charge is -2.28. The summed E-state index contributed by atoms with van der Waals surface area (Å²) in [6, 6.07) is 9.72. The summed E-state index contributed by atoms with van der Waals surface area (Å²) in [5, 5.41) is 0. The van der Waals surface area contributed by atoms with Crippen LogP contribution in [0.25, 0.3) is 0 Å². The Labute approximate surface area is 108 Å². The Morgan fingerprint density at radius 1 is 1.28 bits per heavy atom. The van der Waals surface area contributed by atoms with Crippen LogP contribution < -0.4 is 0 Å². The molecule has 18 heavy (non-hydrogen) atoms. The molecule has 0 aliphatic carbocycles. The van der Waals surface area contributed by atoms with Gasteiger partial charge in [-0.25, -0.2) is 0 Å². The normalized spacial score (nSPS) is 17.6. The fourth-order valence-corrected chi connectivity index (χ4v) is 2.47. The van der Waals surface area contributed by atoms with Crippen LogP contribution in [-0.2, 0) is 9.59 Å². The molecule has 3 nitrogen and oxygen atoms in total. The molecule has 1 aliphatic heterocycles. The third-order valence-corrected chi connectivity index (χ3v) is 3.50. The van der Waals surface area contributed by atoms with Gasteiger partial charge in [0.05, 0.1) is 5.92 Å². The number of hydrogen-bond donors (Lipinski definition) is 0. The second-order valence-electron chi connectivity index (χ2n) is 4.71. The summed E-state index contributed by atoms with van der Waals surface area (Å²) in [5.74, 6) is -0.234. The molecule has 1 aliphatic rings. The lowest BCUT2D eigenvalue weighted by molar-refractivity contribution is -0.147. The van der Waals surface area contributed by atoms with Gasteiger partial charge in [0.15, 0.2) is 0 Å². The maximum Gasteiger partial charge on any atom is 0.236 e. The first kappa shape index (κ1) is 12.8. The second kappa shape index (κ2) is 5.80. The number of likely N-dealkylation sites (tertiary alicyclic amines) is 1. The number of nitrogens with zero attached hydrogens (tertiary/aromatic N) is 1. The third kappa shape index (κ3) is 2.61. The zero-order valence-corrected chi connectivity index (χ0v) is 10.8. The molecule has 0 saturated carbocycles. The van der Waals surface area contributed by atoms with Gasteiger partial charge in [0.25, 0.3) is 0 Å². The fraction of sp³-hybridized carbons (Fsp3) is 0.467. The van der Waals surface area contributed by atoms with Crippen molar-refractivity contribution in [2.75, 3.05) is 6.54 Å². The summed E-state index contributed by atoms with van der Waals surface area (Å²) in [5.41, 5.74) is 1.00. The first-order valence-corrected chi connectivity index (χ1v) is 6.63. The summed E-state index contributed by atoms with van der Waals surface area (Å²) < 4.78 is 0. The van der Waals surface area contributed by atoms with Crippen molar-refractivity contribution < 1.29 is 9.59 Å². The van der Waals surface area contributed by atoms with Crippen LogP contribution in [0, 0.1) is 0 Å². The van der Waals surface area contributed by atoms with E-state index in [0.717, 1.165) is 24.8 Å². The van der Waals surface area contributed by atoms with Crippen LogP contribution in [0.2, 0.25) is 0 Å². The summed E-state index contributed by atoms with van der Waals surface area (Å²) in [7, 11) is 0. The Hall–Kier alpha value is -1.64. The van der Waals surface area contributed by atoms with Crippen LogP contribution in [0.3, 0.4) is 0 Å². The lowest BCUT2D eigenvalue weighted by atomic mass is 9.94. The molecule has 0 spiro atoms. The molecule has 0 aromatic heterocycles. The molecule has 1 atom stereocenters. The molecule has 1 aromatic carbocycles. The van der Waals surface area contributed by atoms with Gasteiger partial charge in [0.1, 0.15) is 0 Å². The van der Waals surface area contributed by atoms with Crippen molar-refractivity contribution in [1.29, 1.82) is 0 Å². The molecule has 1 fully saturated rings. The van der Waals surface area contributed by atoms with Crippen molar-refractivity contribution in [2.24, 2.45) is 0 Å². The molecule has 1 unspecified atom stereocenters. The first-order chi connectivity index (χ1) is 8.74. The minimum atomic E-state index is -0.187. The van der Waals surface area contributed by atoms with E-state index >= 15 is 0 Å². The topological polar surface area (TPSA) is 37.4 Å². The number of carbonyl (C=O) groups is 2. The molecule has 1 saturated heterocycles. The van der Waals surface area contributed by atoms with Gasteiger partial charge in [0, 0.05) is 13.0 Å². The molecule has 0 radical (unpaired) electrons. The average molecular weight is 245 g/mol. The molecule has 2 rings (SSSR count). The van der Waals surface area contributed by atoms with Crippen molar-refractivity contribution >= 4 is 11.8 Å². The first-order valence-electron chi connectivity index (χ1n) is 6.63. The minimum absolute atomic E-state index is 0.0133. The third-order valence-electron chi connectivity index (χ3n) is 3.50. The van der Waals surface area contributed by atoms with Crippen LogP contribution in [-0.4, -0.2) is 23.3 Å². The van der Waals surface area contributed by atoms with Crippen molar-refractivity contribution in [2.45, 2.75) is 38.5 Å².